The summed E-state index contributed by atoms with van der Waals surface area (Å²) < 4.78 is 22.5. The number of nitrogens with two attached hydrogens (primary N) is 1. The second kappa shape index (κ2) is 6.71. The zero-order valence-corrected chi connectivity index (χ0v) is 12.4. The van der Waals surface area contributed by atoms with Crippen LogP contribution in [0.2, 0.25) is 0 Å². The van der Waals surface area contributed by atoms with Crippen LogP contribution in [0.1, 0.15) is 43.5 Å². The number of rotatable bonds is 7. The van der Waals surface area contributed by atoms with E-state index in [1.54, 1.807) is 0 Å². The molecule has 4 N–H and O–H groups in total. The number of primary sulfonamides is 1. The van der Waals surface area contributed by atoms with E-state index in [1.165, 1.54) is 12.1 Å². The van der Waals surface area contributed by atoms with Crippen molar-refractivity contribution in [3.8, 4) is 0 Å². The van der Waals surface area contributed by atoms with Crippen LogP contribution in [0.15, 0.2) is 23.1 Å². The number of carboxylic acids is 1. The molecule has 112 valence electrons. The molecule has 1 rings (SSSR count). The molecule has 0 aliphatic rings. The zero-order valence-electron chi connectivity index (χ0n) is 11.6. The highest BCUT2D eigenvalue weighted by Gasteiger charge is 2.16. The summed E-state index contributed by atoms with van der Waals surface area (Å²) in [5.41, 5.74) is 0.299. The summed E-state index contributed by atoms with van der Waals surface area (Å²) >= 11 is 0. The molecule has 1 aromatic rings. The zero-order chi connectivity index (χ0) is 15.3. The van der Waals surface area contributed by atoms with Crippen molar-refractivity contribution >= 4 is 21.7 Å². The number of carboxylic acid groups (broad SMARTS) is 1. The molecular formula is C13H20N2O4S. The van der Waals surface area contributed by atoms with Gasteiger partial charge in [-0.25, -0.2) is 18.4 Å². The first-order valence-corrected chi connectivity index (χ1v) is 7.97. The van der Waals surface area contributed by atoms with Gasteiger partial charge in [-0.1, -0.05) is 19.8 Å². The minimum atomic E-state index is -3.91. The highest BCUT2D eigenvalue weighted by Crippen LogP contribution is 2.21. The lowest BCUT2D eigenvalue weighted by atomic mass is 10.1. The van der Waals surface area contributed by atoms with Crippen molar-refractivity contribution in [2.45, 2.75) is 44.0 Å². The van der Waals surface area contributed by atoms with Gasteiger partial charge in [-0.2, -0.15) is 0 Å². The average molecular weight is 300 g/mol. The molecule has 0 saturated heterocycles. The van der Waals surface area contributed by atoms with E-state index in [9.17, 15) is 13.2 Å². The second-order valence-corrected chi connectivity index (χ2v) is 6.31. The Labute approximate surface area is 119 Å². The number of sulfonamides is 1. The first-order chi connectivity index (χ1) is 9.25. The Morgan fingerprint density at radius 3 is 2.60 bits per heavy atom. The van der Waals surface area contributed by atoms with Gasteiger partial charge in [0.2, 0.25) is 10.0 Å². The molecule has 6 nitrogen and oxygen atoms in total. The smallest absolute Gasteiger partial charge is 0.337 e. The highest BCUT2D eigenvalue weighted by molar-refractivity contribution is 7.89. The number of benzene rings is 1. The van der Waals surface area contributed by atoms with Gasteiger partial charge in [0.1, 0.15) is 0 Å². The number of hydrogen-bond acceptors (Lipinski definition) is 4. The Morgan fingerprint density at radius 2 is 2.10 bits per heavy atom. The topological polar surface area (TPSA) is 109 Å². The summed E-state index contributed by atoms with van der Waals surface area (Å²) in [5, 5.41) is 17.3. The normalized spacial score (nSPS) is 12.9. The molecule has 0 heterocycles. The molecule has 0 aliphatic carbocycles. The molecule has 0 amide bonds. The van der Waals surface area contributed by atoms with E-state index < -0.39 is 16.0 Å². The molecule has 0 bridgehead atoms. The molecular weight excluding hydrogens is 280 g/mol. The highest BCUT2D eigenvalue weighted by atomic mass is 32.2. The molecule has 0 aliphatic heterocycles. The Morgan fingerprint density at radius 1 is 1.45 bits per heavy atom. The summed E-state index contributed by atoms with van der Waals surface area (Å²) in [6.07, 6.45) is 3.00. The minimum absolute atomic E-state index is 0.0973. The molecule has 1 aromatic carbocycles. The van der Waals surface area contributed by atoms with Crippen LogP contribution in [-0.2, 0) is 10.0 Å². The van der Waals surface area contributed by atoms with Gasteiger partial charge in [-0.05, 0) is 31.5 Å². The van der Waals surface area contributed by atoms with Crippen molar-refractivity contribution in [1.82, 2.24) is 0 Å². The lowest BCUT2D eigenvalue weighted by Crippen LogP contribution is -2.18. The van der Waals surface area contributed by atoms with Crippen LogP contribution < -0.4 is 10.5 Å². The monoisotopic (exact) mass is 300 g/mol. The maximum Gasteiger partial charge on any atom is 0.337 e. The Hall–Kier alpha value is -1.60. The van der Waals surface area contributed by atoms with E-state index in [4.69, 9.17) is 10.2 Å². The van der Waals surface area contributed by atoms with Crippen LogP contribution in [0.25, 0.3) is 0 Å². The van der Waals surface area contributed by atoms with Crippen LogP contribution in [-0.4, -0.2) is 25.5 Å². The summed E-state index contributed by atoms with van der Waals surface area (Å²) in [7, 11) is -3.91. The number of hydrogen-bond donors (Lipinski definition) is 3. The molecule has 0 saturated carbocycles. The van der Waals surface area contributed by atoms with Gasteiger partial charge in [0.05, 0.1) is 10.5 Å². The van der Waals surface area contributed by atoms with Gasteiger partial charge >= 0.3 is 5.97 Å². The van der Waals surface area contributed by atoms with E-state index in [0.29, 0.717) is 5.69 Å². The quantitative estimate of drug-likeness (QED) is 0.713. The molecule has 0 spiro atoms. The molecule has 0 radical (unpaired) electrons. The molecule has 0 fully saturated rings. The molecule has 7 heteroatoms. The molecule has 1 atom stereocenters. The number of anilines is 1. The minimum Gasteiger partial charge on any atom is -0.478 e. The third kappa shape index (κ3) is 4.50. The molecule has 0 aromatic heterocycles. The Balaban J connectivity index is 3.05. The molecule has 20 heavy (non-hydrogen) atoms. The van der Waals surface area contributed by atoms with E-state index in [-0.39, 0.29) is 16.5 Å². The van der Waals surface area contributed by atoms with E-state index in [1.807, 2.05) is 6.92 Å². The van der Waals surface area contributed by atoms with Crippen molar-refractivity contribution < 1.29 is 18.3 Å². The summed E-state index contributed by atoms with van der Waals surface area (Å²) in [5.74, 6) is -1.19. The van der Waals surface area contributed by atoms with Gasteiger partial charge in [-0.3, -0.25) is 0 Å². The van der Waals surface area contributed by atoms with Crippen molar-refractivity contribution in [3.63, 3.8) is 0 Å². The maximum absolute atomic E-state index is 11.2. The van der Waals surface area contributed by atoms with Crippen molar-refractivity contribution in [2.24, 2.45) is 5.14 Å². The van der Waals surface area contributed by atoms with Gasteiger partial charge in [-0.15, -0.1) is 0 Å². The maximum atomic E-state index is 11.2. The fraction of sp³-hybridized carbons (Fsp3) is 0.462. The van der Waals surface area contributed by atoms with Crippen LogP contribution in [0.5, 0.6) is 0 Å². The van der Waals surface area contributed by atoms with Crippen molar-refractivity contribution in [3.05, 3.63) is 23.8 Å². The lowest BCUT2D eigenvalue weighted by Gasteiger charge is -2.17. The SMILES string of the molecule is CCCCC(C)Nc1ccc(S(N)(=O)=O)cc1C(=O)O. The Bertz CT molecular complexity index is 584. The van der Waals surface area contributed by atoms with Gasteiger partial charge in [0, 0.05) is 11.7 Å². The number of nitrogens with one attached hydrogen (secondary N) is 1. The fourth-order valence-corrected chi connectivity index (χ4v) is 2.39. The largest absolute Gasteiger partial charge is 0.478 e. The van der Waals surface area contributed by atoms with Crippen LogP contribution in [0.4, 0.5) is 5.69 Å². The van der Waals surface area contributed by atoms with Crippen LogP contribution >= 0.6 is 0 Å². The summed E-state index contributed by atoms with van der Waals surface area (Å²) in [6.45, 7) is 4.03. The standard InChI is InChI=1S/C13H20N2O4S/c1-3-4-5-9(2)15-12-7-6-10(20(14,18)19)8-11(12)13(16)17/h6-9,15H,3-5H2,1-2H3,(H,16,17)(H2,14,18,19). The average Bonchev–Trinajstić information content (AvgIpc) is 2.35. The van der Waals surface area contributed by atoms with E-state index in [2.05, 4.69) is 12.2 Å². The fourth-order valence-electron chi connectivity index (χ4n) is 1.85. The van der Waals surface area contributed by atoms with E-state index in [0.717, 1.165) is 25.3 Å². The summed E-state index contributed by atoms with van der Waals surface area (Å²) in [4.78, 5) is 11.0. The van der Waals surface area contributed by atoms with Gasteiger partial charge < -0.3 is 10.4 Å². The number of carbonyl (C=O) groups is 1. The number of unbranched alkanes of at least 4 members (excludes halogenated alkanes) is 1. The van der Waals surface area contributed by atoms with E-state index >= 15 is 0 Å². The Kier molecular flexibility index (Phi) is 5.52. The summed E-state index contributed by atoms with van der Waals surface area (Å²) in [6, 6.07) is 3.92. The first kappa shape index (κ1) is 16.5. The predicted molar refractivity (Wildman–Crippen MR) is 77.4 cm³/mol. The van der Waals surface area contributed by atoms with Crippen molar-refractivity contribution in [1.29, 1.82) is 0 Å². The van der Waals surface area contributed by atoms with Gasteiger partial charge in [0.15, 0.2) is 0 Å². The number of aromatic carboxylic acids is 1. The predicted octanol–water partition coefficient (Wildman–Crippen LogP) is 2.02. The van der Waals surface area contributed by atoms with Crippen LogP contribution in [0.3, 0.4) is 0 Å². The second-order valence-electron chi connectivity index (χ2n) is 4.75. The lowest BCUT2D eigenvalue weighted by molar-refractivity contribution is 0.0697. The van der Waals surface area contributed by atoms with Crippen molar-refractivity contribution in [2.75, 3.05) is 5.32 Å². The molecule has 1 unspecified atom stereocenters. The first-order valence-electron chi connectivity index (χ1n) is 6.42. The van der Waals surface area contributed by atoms with Crippen LogP contribution in [0, 0.1) is 0 Å². The third-order valence-electron chi connectivity index (χ3n) is 2.94. The van der Waals surface area contributed by atoms with Gasteiger partial charge in [0.25, 0.3) is 0 Å². The third-order valence-corrected chi connectivity index (χ3v) is 3.85.